The van der Waals surface area contributed by atoms with Crippen LogP contribution in [0, 0.1) is 10.1 Å². The van der Waals surface area contributed by atoms with E-state index >= 15 is 0 Å². The Morgan fingerprint density at radius 2 is 2.19 bits per heavy atom. The highest BCUT2D eigenvalue weighted by molar-refractivity contribution is 5.77. The van der Waals surface area contributed by atoms with Gasteiger partial charge < -0.3 is 19.6 Å². The number of nitro groups is 1. The molecule has 0 saturated carbocycles. The minimum atomic E-state index is -0.842. The Kier molecular flexibility index (Phi) is 3.48. The minimum Gasteiger partial charge on any atom is -0.424 e. The lowest BCUT2D eigenvalue weighted by Crippen LogP contribution is -2.42. The van der Waals surface area contributed by atoms with Gasteiger partial charge in [0, 0.05) is 44.7 Å². The maximum atomic E-state index is 10.7. The van der Waals surface area contributed by atoms with E-state index in [-0.39, 0.29) is 11.7 Å². The number of nitrogens with one attached hydrogen (secondary N) is 1. The van der Waals surface area contributed by atoms with Crippen molar-refractivity contribution < 1.29 is 19.2 Å². The molecule has 8 nitrogen and oxygen atoms in total. The van der Waals surface area contributed by atoms with Crippen LogP contribution in [0.1, 0.15) is 12.8 Å². The monoisotopic (exact) mass is 293 g/mol. The molecule has 2 aromatic rings. The summed E-state index contributed by atoms with van der Waals surface area (Å²) in [5.74, 6) is 0. The molecule has 2 heterocycles. The van der Waals surface area contributed by atoms with Crippen LogP contribution in [0.3, 0.4) is 0 Å². The zero-order chi connectivity index (χ0) is 14.9. The van der Waals surface area contributed by atoms with Gasteiger partial charge in [-0.25, -0.2) is 0 Å². The van der Waals surface area contributed by atoms with Gasteiger partial charge in [-0.1, -0.05) is 0 Å². The Bertz CT molecular complexity index is 663. The number of aromatic nitrogens is 1. The lowest BCUT2D eigenvalue weighted by Gasteiger charge is -2.31. The highest BCUT2D eigenvalue weighted by Gasteiger charge is 2.30. The van der Waals surface area contributed by atoms with Crippen molar-refractivity contribution >= 4 is 22.8 Å². The van der Waals surface area contributed by atoms with Crippen LogP contribution in [0.15, 0.2) is 22.6 Å². The number of fused-ring (bicyclic) bond motifs is 1. The average Bonchev–Trinajstić information content (AvgIpc) is 2.88. The first-order chi connectivity index (χ1) is 10.1. The molecule has 0 aliphatic carbocycles. The van der Waals surface area contributed by atoms with Gasteiger partial charge in [0.1, 0.15) is 5.52 Å². The summed E-state index contributed by atoms with van der Waals surface area (Å²) in [5.41, 5.74) is -0.0107. The van der Waals surface area contributed by atoms with Crippen LogP contribution in [0.4, 0.5) is 11.7 Å². The summed E-state index contributed by atoms with van der Waals surface area (Å²) >= 11 is 0. The first-order valence-corrected chi connectivity index (χ1v) is 6.65. The molecule has 1 aliphatic rings. The molecule has 0 atom stereocenters. The van der Waals surface area contributed by atoms with E-state index in [1.807, 2.05) is 0 Å². The first kappa shape index (κ1) is 13.8. The molecule has 1 aliphatic heterocycles. The van der Waals surface area contributed by atoms with E-state index in [4.69, 9.17) is 9.15 Å². The van der Waals surface area contributed by atoms with Crippen molar-refractivity contribution in [3.05, 3.63) is 28.3 Å². The van der Waals surface area contributed by atoms with Crippen LogP contribution in [0.5, 0.6) is 0 Å². The van der Waals surface area contributed by atoms with Gasteiger partial charge in [0.2, 0.25) is 0 Å². The van der Waals surface area contributed by atoms with Crippen molar-refractivity contribution in [1.82, 2.24) is 4.98 Å². The molecule has 2 N–H and O–H groups in total. The number of nitro benzene ring substituents is 1. The van der Waals surface area contributed by atoms with Crippen molar-refractivity contribution in [3.8, 4) is 0 Å². The standard InChI is InChI=1S/C13H15N3O5/c17-13(3-5-20-6-4-13)8-14-12-15-10-7-9(16(18)19)1-2-11(10)21-12/h1-2,7,17H,3-6,8H2,(H,14,15). The number of hydrogen-bond donors (Lipinski definition) is 2. The number of hydrogen-bond acceptors (Lipinski definition) is 7. The summed E-state index contributed by atoms with van der Waals surface area (Å²) in [6.07, 6.45) is 1.09. The quantitative estimate of drug-likeness (QED) is 0.651. The molecule has 1 fully saturated rings. The van der Waals surface area contributed by atoms with E-state index in [9.17, 15) is 15.2 Å². The summed E-state index contributed by atoms with van der Waals surface area (Å²) < 4.78 is 10.7. The fraction of sp³-hybridized carbons (Fsp3) is 0.462. The van der Waals surface area contributed by atoms with Crippen LogP contribution < -0.4 is 5.32 Å². The molecular formula is C13H15N3O5. The van der Waals surface area contributed by atoms with Crippen LogP contribution in [0.25, 0.3) is 11.1 Å². The molecule has 0 spiro atoms. The van der Waals surface area contributed by atoms with Gasteiger partial charge >= 0.3 is 0 Å². The number of oxazole rings is 1. The van der Waals surface area contributed by atoms with Crippen LogP contribution >= 0.6 is 0 Å². The second-order valence-corrected chi connectivity index (χ2v) is 5.12. The number of rotatable bonds is 4. The molecule has 1 aromatic carbocycles. The van der Waals surface area contributed by atoms with E-state index in [1.165, 1.54) is 18.2 Å². The molecule has 0 amide bonds. The molecule has 112 valence electrons. The van der Waals surface area contributed by atoms with E-state index in [2.05, 4.69) is 10.3 Å². The summed E-state index contributed by atoms with van der Waals surface area (Å²) in [6, 6.07) is 4.47. The summed E-state index contributed by atoms with van der Waals surface area (Å²) in [5, 5.41) is 24.0. The Labute approximate surface area is 119 Å². The molecule has 3 rings (SSSR count). The number of aliphatic hydroxyl groups is 1. The number of ether oxygens (including phenoxy) is 1. The number of non-ortho nitro benzene ring substituents is 1. The highest BCUT2D eigenvalue weighted by Crippen LogP contribution is 2.25. The fourth-order valence-electron chi connectivity index (χ4n) is 2.27. The van der Waals surface area contributed by atoms with Gasteiger partial charge in [-0.3, -0.25) is 10.1 Å². The van der Waals surface area contributed by atoms with Crippen molar-refractivity contribution in [2.24, 2.45) is 0 Å². The molecular weight excluding hydrogens is 278 g/mol. The largest absolute Gasteiger partial charge is 0.424 e. The maximum absolute atomic E-state index is 10.7. The third-order valence-corrected chi connectivity index (χ3v) is 3.57. The lowest BCUT2D eigenvalue weighted by molar-refractivity contribution is -0.384. The van der Waals surface area contributed by atoms with Gasteiger partial charge in [-0.05, 0) is 6.07 Å². The third kappa shape index (κ3) is 2.96. The molecule has 0 bridgehead atoms. The zero-order valence-electron chi connectivity index (χ0n) is 11.2. The second-order valence-electron chi connectivity index (χ2n) is 5.12. The Morgan fingerprint density at radius 1 is 1.43 bits per heavy atom. The van der Waals surface area contributed by atoms with E-state index in [0.717, 1.165) is 0 Å². The van der Waals surface area contributed by atoms with Crippen molar-refractivity contribution in [1.29, 1.82) is 0 Å². The third-order valence-electron chi connectivity index (χ3n) is 3.57. The van der Waals surface area contributed by atoms with E-state index in [0.29, 0.717) is 43.7 Å². The topological polar surface area (TPSA) is 111 Å². The Hall–Kier alpha value is -2.19. The summed E-state index contributed by atoms with van der Waals surface area (Å²) in [7, 11) is 0. The fourth-order valence-corrected chi connectivity index (χ4v) is 2.27. The molecule has 21 heavy (non-hydrogen) atoms. The number of nitrogens with zero attached hydrogens (tertiary/aromatic N) is 2. The summed E-state index contributed by atoms with van der Waals surface area (Å²) in [6.45, 7) is 1.35. The van der Waals surface area contributed by atoms with E-state index in [1.54, 1.807) is 0 Å². The van der Waals surface area contributed by atoms with Crippen LogP contribution in [-0.4, -0.2) is 40.4 Å². The van der Waals surface area contributed by atoms with Gasteiger partial charge in [-0.15, -0.1) is 0 Å². The molecule has 1 aromatic heterocycles. The normalized spacial score (nSPS) is 17.8. The van der Waals surface area contributed by atoms with Crippen molar-refractivity contribution in [2.45, 2.75) is 18.4 Å². The highest BCUT2D eigenvalue weighted by atomic mass is 16.6. The first-order valence-electron chi connectivity index (χ1n) is 6.65. The maximum Gasteiger partial charge on any atom is 0.295 e. The van der Waals surface area contributed by atoms with Crippen molar-refractivity contribution in [3.63, 3.8) is 0 Å². The SMILES string of the molecule is O=[N+]([O-])c1ccc2oc(NCC3(O)CCOCC3)nc2c1. The number of anilines is 1. The van der Waals surface area contributed by atoms with Gasteiger partial charge in [-0.2, -0.15) is 4.98 Å². The van der Waals surface area contributed by atoms with Gasteiger partial charge in [0.15, 0.2) is 5.58 Å². The van der Waals surface area contributed by atoms with E-state index < -0.39 is 10.5 Å². The zero-order valence-corrected chi connectivity index (χ0v) is 11.2. The number of benzene rings is 1. The smallest absolute Gasteiger partial charge is 0.295 e. The van der Waals surface area contributed by atoms with Gasteiger partial charge in [0.05, 0.1) is 10.5 Å². The van der Waals surface area contributed by atoms with Crippen LogP contribution in [0.2, 0.25) is 0 Å². The lowest BCUT2D eigenvalue weighted by atomic mass is 9.94. The predicted molar refractivity (Wildman–Crippen MR) is 74.2 cm³/mol. The molecule has 0 unspecified atom stereocenters. The summed E-state index contributed by atoms with van der Waals surface area (Å²) in [4.78, 5) is 14.4. The molecule has 0 radical (unpaired) electrons. The van der Waals surface area contributed by atoms with Gasteiger partial charge in [0.25, 0.3) is 11.7 Å². The van der Waals surface area contributed by atoms with Crippen molar-refractivity contribution in [2.75, 3.05) is 25.1 Å². The Morgan fingerprint density at radius 3 is 2.90 bits per heavy atom. The minimum absolute atomic E-state index is 0.0367. The average molecular weight is 293 g/mol. The Balaban J connectivity index is 1.73. The van der Waals surface area contributed by atoms with Crippen LogP contribution in [-0.2, 0) is 4.74 Å². The molecule has 8 heteroatoms. The molecule has 1 saturated heterocycles. The predicted octanol–water partition coefficient (Wildman–Crippen LogP) is 1.69. The second kappa shape index (κ2) is 5.30.